The number of ether oxygens (including phenoxy) is 1. The zero-order valence-corrected chi connectivity index (χ0v) is 12.4. The number of fused-ring (bicyclic) bond motifs is 3. The molecule has 1 aliphatic rings. The maximum Gasteiger partial charge on any atom is 0.107 e. The second kappa shape index (κ2) is 6.05. The minimum absolute atomic E-state index is 0.740. The molecule has 1 aromatic heterocycles. The Bertz CT molecular complexity index is 568. The zero-order valence-electron chi connectivity index (χ0n) is 10.8. The Kier molecular flexibility index (Phi) is 4.18. The molecule has 0 bridgehead atoms. The Morgan fingerprint density at radius 2 is 2.26 bits per heavy atom. The van der Waals surface area contributed by atoms with Gasteiger partial charge in [-0.25, -0.2) is 4.98 Å². The largest absolute Gasteiger partial charge is 0.383 e. The zero-order chi connectivity index (χ0) is 13.1. The molecule has 0 radical (unpaired) electrons. The number of aromatic nitrogens is 1. The van der Waals surface area contributed by atoms with Gasteiger partial charge in [-0.15, -0.1) is 23.1 Å². The van der Waals surface area contributed by atoms with Gasteiger partial charge in [0.25, 0.3) is 0 Å². The minimum atomic E-state index is 0.740. The Hall–Kier alpha value is -0.880. The Morgan fingerprint density at radius 3 is 3.16 bits per heavy atom. The summed E-state index contributed by atoms with van der Waals surface area (Å²) in [5.41, 5.74) is 2.47. The second-order valence-electron chi connectivity index (χ2n) is 4.33. The predicted octanol–water partition coefficient (Wildman–Crippen LogP) is 3.15. The molecule has 0 aliphatic carbocycles. The molecule has 1 aliphatic heterocycles. The number of methoxy groups -OCH3 is 1. The van der Waals surface area contributed by atoms with Crippen molar-refractivity contribution in [3.8, 4) is 11.3 Å². The summed E-state index contributed by atoms with van der Waals surface area (Å²) in [6.45, 7) is 2.43. The van der Waals surface area contributed by atoms with E-state index in [0.29, 0.717) is 0 Å². The summed E-state index contributed by atoms with van der Waals surface area (Å²) in [6, 6.07) is 8.53. The highest BCUT2D eigenvalue weighted by atomic mass is 32.2. The average Bonchev–Trinajstić information content (AvgIpc) is 2.87. The van der Waals surface area contributed by atoms with Crippen LogP contribution >= 0.6 is 23.1 Å². The molecule has 0 unspecified atom stereocenters. The molecule has 19 heavy (non-hydrogen) atoms. The first-order valence-electron chi connectivity index (χ1n) is 6.29. The van der Waals surface area contributed by atoms with E-state index in [1.54, 1.807) is 7.11 Å². The minimum Gasteiger partial charge on any atom is -0.383 e. The molecule has 5 heteroatoms. The summed E-state index contributed by atoms with van der Waals surface area (Å²) >= 11 is 3.73. The van der Waals surface area contributed by atoms with Crippen molar-refractivity contribution in [2.75, 3.05) is 20.3 Å². The number of hydrogen-bond acceptors (Lipinski definition) is 5. The van der Waals surface area contributed by atoms with Crippen molar-refractivity contribution in [2.24, 2.45) is 0 Å². The fourth-order valence-corrected chi connectivity index (χ4v) is 4.26. The average molecular weight is 292 g/mol. The van der Waals surface area contributed by atoms with Gasteiger partial charge in [-0.3, -0.25) is 0 Å². The molecular weight excluding hydrogens is 276 g/mol. The summed E-state index contributed by atoms with van der Waals surface area (Å²) in [4.78, 5) is 7.53. The Labute approximate surface area is 121 Å². The highest BCUT2D eigenvalue weighted by Crippen LogP contribution is 2.43. The van der Waals surface area contributed by atoms with E-state index in [-0.39, 0.29) is 0 Å². The van der Waals surface area contributed by atoms with Crippen LogP contribution in [0.1, 0.15) is 9.88 Å². The maximum absolute atomic E-state index is 5.02. The molecule has 1 N–H and O–H groups in total. The molecule has 0 fully saturated rings. The van der Waals surface area contributed by atoms with Crippen LogP contribution in [-0.2, 0) is 17.0 Å². The monoisotopic (exact) mass is 292 g/mol. The van der Waals surface area contributed by atoms with E-state index in [0.717, 1.165) is 25.4 Å². The first-order valence-corrected chi connectivity index (χ1v) is 8.09. The third-order valence-corrected chi connectivity index (χ3v) is 5.34. The Balaban J connectivity index is 1.77. The van der Waals surface area contributed by atoms with Gasteiger partial charge in [0.2, 0.25) is 0 Å². The summed E-state index contributed by atoms with van der Waals surface area (Å²) in [5.74, 6) is 1.04. The van der Waals surface area contributed by atoms with Crippen molar-refractivity contribution >= 4 is 23.1 Å². The van der Waals surface area contributed by atoms with Crippen LogP contribution in [0.4, 0.5) is 0 Å². The van der Waals surface area contributed by atoms with Crippen molar-refractivity contribution in [3.63, 3.8) is 0 Å². The maximum atomic E-state index is 5.02. The van der Waals surface area contributed by atoms with Crippen molar-refractivity contribution in [2.45, 2.75) is 17.2 Å². The van der Waals surface area contributed by atoms with Crippen LogP contribution in [0.25, 0.3) is 11.3 Å². The molecule has 0 saturated heterocycles. The summed E-state index contributed by atoms with van der Waals surface area (Å²) < 4.78 is 5.02. The van der Waals surface area contributed by atoms with Crippen LogP contribution in [0.15, 0.2) is 29.2 Å². The molecule has 0 saturated carbocycles. The van der Waals surface area contributed by atoms with Crippen LogP contribution in [0, 0.1) is 0 Å². The molecule has 0 amide bonds. The van der Waals surface area contributed by atoms with Crippen LogP contribution in [0.2, 0.25) is 0 Å². The van der Waals surface area contributed by atoms with Crippen LogP contribution in [0.5, 0.6) is 0 Å². The van der Waals surface area contributed by atoms with Crippen molar-refractivity contribution in [3.05, 3.63) is 34.2 Å². The molecule has 2 aromatic rings. The number of nitrogens with zero attached hydrogens (tertiary/aromatic N) is 1. The number of nitrogens with one attached hydrogen (secondary N) is 1. The molecule has 0 spiro atoms. The molecule has 3 nitrogen and oxygen atoms in total. The highest BCUT2D eigenvalue weighted by molar-refractivity contribution is 7.98. The van der Waals surface area contributed by atoms with Gasteiger partial charge in [-0.2, -0.15) is 0 Å². The van der Waals surface area contributed by atoms with E-state index in [4.69, 9.17) is 9.72 Å². The standard InChI is InChI=1S/C14H16N2OS2/c1-17-7-6-15-8-13-16-14-10-4-2-3-5-11(10)18-9-12(14)19-13/h2-5,15H,6-9H2,1H3. The molecule has 1 aromatic carbocycles. The SMILES string of the molecule is COCCNCc1nc2c(s1)CSc1ccccc1-2. The summed E-state index contributed by atoms with van der Waals surface area (Å²) in [6.07, 6.45) is 0. The predicted molar refractivity (Wildman–Crippen MR) is 80.7 cm³/mol. The number of rotatable bonds is 5. The van der Waals surface area contributed by atoms with Crippen molar-refractivity contribution in [1.82, 2.24) is 10.3 Å². The third-order valence-electron chi connectivity index (χ3n) is 3.00. The molecular formula is C14H16N2OS2. The number of thiazole rings is 1. The normalized spacial score (nSPS) is 13.1. The van der Waals surface area contributed by atoms with Gasteiger partial charge in [0.15, 0.2) is 0 Å². The fraction of sp³-hybridized carbons (Fsp3) is 0.357. The van der Waals surface area contributed by atoms with Gasteiger partial charge in [0, 0.05) is 41.3 Å². The highest BCUT2D eigenvalue weighted by Gasteiger charge is 2.20. The summed E-state index contributed by atoms with van der Waals surface area (Å²) in [7, 11) is 1.72. The molecule has 3 rings (SSSR count). The van der Waals surface area contributed by atoms with Gasteiger partial charge >= 0.3 is 0 Å². The first-order chi connectivity index (χ1) is 9.38. The van der Waals surface area contributed by atoms with Crippen LogP contribution in [-0.4, -0.2) is 25.2 Å². The topological polar surface area (TPSA) is 34.1 Å². The lowest BCUT2D eigenvalue weighted by Crippen LogP contribution is -2.18. The summed E-state index contributed by atoms with van der Waals surface area (Å²) in [5, 5.41) is 4.52. The lowest BCUT2D eigenvalue weighted by atomic mass is 10.1. The fourth-order valence-electron chi connectivity index (χ4n) is 2.09. The van der Waals surface area contributed by atoms with Crippen LogP contribution < -0.4 is 5.32 Å². The van der Waals surface area contributed by atoms with E-state index >= 15 is 0 Å². The number of thioether (sulfide) groups is 1. The van der Waals surface area contributed by atoms with Gasteiger partial charge in [-0.1, -0.05) is 18.2 Å². The first kappa shape index (κ1) is 13.1. The van der Waals surface area contributed by atoms with Crippen LogP contribution in [0.3, 0.4) is 0 Å². The molecule has 100 valence electrons. The smallest absolute Gasteiger partial charge is 0.107 e. The second-order valence-corrected chi connectivity index (χ2v) is 6.52. The van der Waals surface area contributed by atoms with Gasteiger partial charge in [0.05, 0.1) is 12.3 Å². The number of hydrogen-bond donors (Lipinski definition) is 1. The lowest BCUT2D eigenvalue weighted by molar-refractivity contribution is 0.199. The van der Waals surface area contributed by atoms with Gasteiger partial charge < -0.3 is 10.1 Å². The lowest BCUT2D eigenvalue weighted by Gasteiger charge is -2.13. The van der Waals surface area contributed by atoms with Crippen molar-refractivity contribution < 1.29 is 4.74 Å². The van der Waals surface area contributed by atoms with E-state index < -0.39 is 0 Å². The molecule has 2 heterocycles. The molecule has 0 atom stereocenters. The Morgan fingerprint density at radius 1 is 1.37 bits per heavy atom. The quantitative estimate of drug-likeness (QED) is 0.859. The van der Waals surface area contributed by atoms with E-state index in [1.165, 1.54) is 26.0 Å². The van der Waals surface area contributed by atoms with Gasteiger partial charge in [-0.05, 0) is 6.07 Å². The van der Waals surface area contributed by atoms with E-state index in [9.17, 15) is 0 Å². The third kappa shape index (κ3) is 2.84. The van der Waals surface area contributed by atoms with E-state index in [2.05, 4.69) is 29.6 Å². The number of benzene rings is 1. The van der Waals surface area contributed by atoms with E-state index in [1.807, 2.05) is 23.1 Å². The van der Waals surface area contributed by atoms with Crippen molar-refractivity contribution in [1.29, 1.82) is 0 Å². The van der Waals surface area contributed by atoms with Gasteiger partial charge in [0.1, 0.15) is 5.01 Å².